The minimum atomic E-state index is -0.344. The standard InChI is InChI=1S/C15H12O3/c1-9-6-7-10-13(8-9)18-12-5-3-4-11(14(10)12)15(16)17-2/h3-8H,1-2H3. The van der Waals surface area contributed by atoms with Crippen LogP contribution in [0.5, 0.6) is 0 Å². The molecule has 0 atom stereocenters. The van der Waals surface area contributed by atoms with Crippen molar-refractivity contribution in [3.63, 3.8) is 0 Å². The maximum absolute atomic E-state index is 11.8. The lowest BCUT2D eigenvalue weighted by molar-refractivity contribution is 0.0603. The van der Waals surface area contributed by atoms with E-state index in [0.29, 0.717) is 11.1 Å². The number of benzene rings is 2. The highest BCUT2D eigenvalue weighted by Gasteiger charge is 2.15. The molecule has 0 saturated heterocycles. The van der Waals surface area contributed by atoms with Crippen LogP contribution in [-0.4, -0.2) is 13.1 Å². The van der Waals surface area contributed by atoms with Gasteiger partial charge in [-0.15, -0.1) is 0 Å². The van der Waals surface area contributed by atoms with Crippen LogP contribution >= 0.6 is 0 Å². The highest BCUT2D eigenvalue weighted by molar-refractivity contribution is 6.15. The molecule has 3 rings (SSSR count). The number of carbonyl (C=O) groups is 1. The normalized spacial score (nSPS) is 11.0. The Bertz CT molecular complexity index is 753. The van der Waals surface area contributed by atoms with Crippen LogP contribution in [0, 0.1) is 6.92 Å². The van der Waals surface area contributed by atoms with Crippen LogP contribution < -0.4 is 0 Å². The van der Waals surface area contributed by atoms with Gasteiger partial charge in [-0.3, -0.25) is 0 Å². The SMILES string of the molecule is COC(=O)c1cccc2oc3cc(C)ccc3c12. The zero-order chi connectivity index (χ0) is 12.7. The third-order valence-electron chi connectivity index (χ3n) is 3.06. The Morgan fingerprint density at radius 1 is 1.17 bits per heavy atom. The van der Waals surface area contributed by atoms with E-state index in [-0.39, 0.29) is 5.97 Å². The summed E-state index contributed by atoms with van der Waals surface area (Å²) in [6.07, 6.45) is 0. The molecule has 0 N–H and O–H groups in total. The molecule has 0 aliphatic carbocycles. The quantitative estimate of drug-likeness (QED) is 0.609. The Labute approximate surface area is 104 Å². The smallest absolute Gasteiger partial charge is 0.338 e. The second-order valence-electron chi connectivity index (χ2n) is 4.27. The van der Waals surface area contributed by atoms with Gasteiger partial charge in [0.15, 0.2) is 0 Å². The summed E-state index contributed by atoms with van der Waals surface area (Å²) >= 11 is 0. The summed E-state index contributed by atoms with van der Waals surface area (Å²) in [6.45, 7) is 2.01. The van der Waals surface area contributed by atoms with Crippen molar-refractivity contribution in [2.75, 3.05) is 7.11 Å². The van der Waals surface area contributed by atoms with E-state index in [0.717, 1.165) is 21.9 Å². The predicted octanol–water partition coefficient (Wildman–Crippen LogP) is 3.68. The number of ether oxygens (including phenoxy) is 1. The van der Waals surface area contributed by atoms with Crippen molar-refractivity contribution in [2.45, 2.75) is 6.92 Å². The number of furan rings is 1. The van der Waals surface area contributed by atoms with Crippen LogP contribution in [-0.2, 0) is 4.74 Å². The molecule has 3 nitrogen and oxygen atoms in total. The zero-order valence-electron chi connectivity index (χ0n) is 10.2. The molecule has 2 aromatic carbocycles. The number of hydrogen-bond donors (Lipinski definition) is 0. The average molecular weight is 240 g/mol. The van der Waals surface area contributed by atoms with E-state index in [1.54, 1.807) is 12.1 Å². The van der Waals surface area contributed by atoms with Gasteiger partial charge in [0, 0.05) is 10.8 Å². The number of esters is 1. The zero-order valence-corrected chi connectivity index (χ0v) is 10.2. The molecule has 90 valence electrons. The van der Waals surface area contributed by atoms with Gasteiger partial charge in [0.2, 0.25) is 0 Å². The molecule has 0 amide bonds. The van der Waals surface area contributed by atoms with E-state index in [2.05, 4.69) is 0 Å². The third kappa shape index (κ3) is 1.48. The first-order chi connectivity index (χ1) is 8.70. The molecule has 3 aromatic rings. The molecule has 0 aliphatic heterocycles. The molecular formula is C15H12O3. The number of carbonyl (C=O) groups excluding carboxylic acids is 1. The number of fused-ring (bicyclic) bond motifs is 3. The summed E-state index contributed by atoms with van der Waals surface area (Å²) in [5, 5.41) is 1.76. The van der Waals surface area contributed by atoms with Crippen LogP contribution in [0.25, 0.3) is 21.9 Å². The summed E-state index contributed by atoms with van der Waals surface area (Å²) in [5.41, 5.74) is 3.17. The monoisotopic (exact) mass is 240 g/mol. The molecule has 18 heavy (non-hydrogen) atoms. The Balaban J connectivity index is 2.45. The summed E-state index contributed by atoms with van der Waals surface area (Å²) < 4.78 is 10.6. The fraction of sp³-hybridized carbons (Fsp3) is 0.133. The van der Waals surface area contributed by atoms with Gasteiger partial charge in [-0.2, -0.15) is 0 Å². The van der Waals surface area contributed by atoms with Gasteiger partial charge in [0.1, 0.15) is 11.2 Å². The summed E-state index contributed by atoms with van der Waals surface area (Å²) in [7, 11) is 1.38. The predicted molar refractivity (Wildman–Crippen MR) is 69.8 cm³/mol. The Morgan fingerprint density at radius 3 is 2.78 bits per heavy atom. The summed E-state index contributed by atoms with van der Waals surface area (Å²) in [4.78, 5) is 11.8. The van der Waals surface area contributed by atoms with Gasteiger partial charge in [-0.1, -0.05) is 18.2 Å². The van der Waals surface area contributed by atoms with Gasteiger partial charge in [-0.05, 0) is 30.7 Å². The van der Waals surface area contributed by atoms with Crippen molar-refractivity contribution < 1.29 is 13.9 Å². The maximum Gasteiger partial charge on any atom is 0.338 e. The topological polar surface area (TPSA) is 39.4 Å². The van der Waals surface area contributed by atoms with Crippen LogP contribution in [0.3, 0.4) is 0 Å². The lowest BCUT2D eigenvalue weighted by Crippen LogP contribution is -2.01. The molecule has 0 spiro atoms. The van der Waals surface area contributed by atoms with E-state index in [1.165, 1.54) is 7.11 Å². The summed E-state index contributed by atoms with van der Waals surface area (Å²) in [5.74, 6) is -0.344. The first-order valence-electron chi connectivity index (χ1n) is 5.71. The van der Waals surface area contributed by atoms with E-state index in [9.17, 15) is 4.79 Å². The van der Waals surface area contributed by atoms with Gasteiger partial charge >= 0.3 is 5.97 Å². The largest absolute Gasteiger partial charge is 0.465 e. The van der Waals surface area contributed by atoms with Crippen LogP contribution in [0.1, 0.15) is 15.9 Å². The van der Waals surface area contributed by atoms with Crippen molar-refractivity contribution in [2.24, 2.45) is 0 Å². The first-order valence-corrected chi connectivity index (χ1v) is 5.71. The highest BCUT2D eigenvalue weighted by atomic mass is 16.5. The number of methoxy groups -OCH3 is 1. The van der Waals surface area contributed by atoms with Crippen molar-refractivity contribution in [3.05, 3.63) is 47.5 Å². The fourth-order valence-corrected chi connectivity index (χ4v) is 2.21. The van der Waals surface area contributed by atoms with E-state index in [4.69, 9.17) is 9.15 Å². The second kappa shape index (κ2) is 3.88. The number of hydrogen-bond acceptors (Lipinski definition) is 3. The van der Waals surface area contributed by atoms with E-state index in [1.807, 2.05) is 31.2 Å². The molecule has 0 radical (unpaired) electrons. The minimum Gasteiger partial charge on any atom is -0.465 e. The fourth-order valence-electron chi connectivity index (χ4n) is 2.21. The van der Waals surface area contributed by atoms with Gasteiger partial charge in [0.25, 0.3) is 0 Å². The van der Waals surface area contributed by atoms with Crippen molar-refractivity contribution in [1.29, 1.82) is 0 Å². The second-order valence-corrected chi connectivity index (χ2v) is 4.27. The molecule has 0 saturated carbocycles. The average Bonchev–Trinajstić information content (AvgIpc) is 2.74. The van der Waals surface area contributed by atoms with E-state index < -0.39 is 0 Å². The molecule has 1 heterocycles. The van der Waals surface area contributed by atoms with Crippen LogP contribution in [0.15, 0.2) is 40.8 Å². The van der Waals surface area contributed by atoms with Crippen molar-refractivity contribution in [1.82, 2.24) is 0 Å². The minimum absolute atomic E-state index is 0.344. The van der Waals surface area contributed by atoms with Crippen molar-refractivity contribution >= 4 is 27.9 Å². The molecular weight excluding hydrogens is 228 g/mol. The lowest BCUT2D eigenvalue weighted by atomic mass is 10.1. The molecule has 1 aromatic heterocycles. The lowest BCUT2D eigenvalue weighted by Gasteiger charge is -2.00. The first kappa shape index (κ1) is 10.8. The van der Waals surface area contributed by atoms with Gasteiger partial charge < -0.3 is 9.15 Å². The number of rotatable bonds is 1. The Kier molecular flexibility index (Phi) is 2.33. The Hall–Kier alpha value is -2.29. The highest BCUT2D eigenvalue weighted by Crippen LogP contribution is 2.32. The van der Waals surface area contributed by atoms with Crippen LogP contribution in [0.2, 0.25) is 0 Å². The molecule has 3 heteroatoms. The maximum atomic E-state index is 11.8. The molecule has 0 unspecified atom stereocenters. The summed E-state index contributed by atoms with van der Waals surface area (Å²) in [6, 6.07) is 11.4. The van der Waals surface area contributed by atoms with Gasteiger partial charge in [-0.25, -0.2) is 4.79 Å². The molecule has 0 aliphatic rings. The molecule has 0 bridgehead atoms. The van der Waals surface area contributed by atoms with Gasteiger partial charge in [0.05, 0.1) is 12.7 Å². The Morgan fingerprint density at radius 2 is 2.00 bits per heavy atom. The number of aryl methyl sites for hydroxylation is 1. The van der Waals surface area contributed by atoms with E-state index >= 15 is 0 Å². The van der Waals surface area contributed by atoms with Crippen molar-refractivity contribution in [3.8, 4) is 0 Å². The third-order valence-corrected chi connectivity index (χ3v) is 3.06. The molecule has 0 fully saturated rings. The van der Waals surface area contributed by atoms with Crippen LogP contribution in [0.4, 0.5) is 0 Å².